The lowest BCUT2D eigenvalue weighted by Crippen LogP contribution is -2.58. The SMILES string of the molecule is CCC(C)[C@H]1O[C@]2(C=C[C@@H]1C)C[C@@H]1C[C@@H](C/C=C(\C)[C@@H](OC3C[C@H](OC)C(O[C@H]4C[C@H](OC)[C@@H](O)[C@H](C)O4)[C@H](C)O3)[C@@H](C)/C=C/C=C3\COC4[C@H](OC)C(C)=C[C@@H](C(=O)O1)[C@]34O)O2. The van der Waals surface area contributed by atoms with Crippen molar-refractivity contribution < 1.29 is 67.1 Å². The molecule has 14 heteroatoms. The average Bonchev–Trinajstić information content (AvgIpc) is 3.59. The number of methoxy groups -OCH3 is 3. The first-order chi connectivity index (χ1) is 30.0. The van der Waals surface area contributed by atoms with Crippen LogP contribution in [0.2, 0.25) is 0 Å². The van der Waals surface area contributed by atoms with E-state index in [4.69, 9.17) is 52.1 Å². The van der Waals surface area contributed by atoms with Gasteiger partial charge >= 0.3 is 5.97 Å². The molecule has 4 fully saturated rings. The molecule has 7 aliphatic rings. The number of rotatable bonds is 9. The standard InChI is InChI=1S/C49H74O14/c1-12-26(2)43-29(5)18-19-48(63-43)24-35-21-34(62-48)17-16-28(4)42(60-40-23-38(54-10)45(32(8)58-40)61-39-22-37(53-9)41(50)31(7)57-39)27(3)14-13-15-33-25-56-46-44(55-11)30(6)20-36(47(51)59-35)49(33,46)52/h13-16,18-20,26-27,29,31-32,34-46,50,52H,12,17,21-25H2,1-11H3/b14-13+,28-16+,33-15+/t26?,27-,29-,31-,32-,34+,35-,36-,37-,38-,39-,40?,41-,42-,43+,44+,45?,46?,48+,49+/m0/s1. The van der Waals surface area contributed by atoms with Gasteiger partial charge in [-0.25, -0.2) is 0 Å². The molecular formula is C49H74O14. The molecule has 1 aliphatic carbocycles. The number of ether oxygens (including phenoxy) is 11. The first-order valence-electron chi connectivity index (χ1n) is 23.2. The number of hydrogen-bond acceptors (Lipinski definition) is 14. The zero-order valence-corrected chi connectivity index (χ0v) is 39.2. The minimum atomic E-state index is -1.71. The van der Waals surface area contributed by atoms with Gasteiger partial charge in [0.2, 0.25) is 0 Å². The van der Waals surface area contributed by atoms with Crippen LogP contribution in [-0.2, 0) is 56.9 Å². The van der Waals surface area contributed by atoms with Gasteiger partial charge in [0, 0.05) is 58.8 Å². The Bertz CT molecular complexity index is 1740. The molecule has 4 saturated heterocycles. The predicted molar refractivity (Wildman–Crippen MR) is 232 cm³/mol. The summed E-state index contributed by atoms with van der Waals surface area (Å²) in [5.74, 6) is -2.35. The van der Waals surface area contributed by atoms with Gasteiger partial charge in [-0.05, 0) is 62.8 Å². The van der Waals surface area contributed by atoms with Crippen molar-refractivity contribution in [2.75, 3.05) is 27.9 Å². The Morgan fingerprint density at radius 3 is 2.29 bits per heavy atom. The summed E-state index contributed by atoms with van der Waals surface area (Å²) in [5.41, 5.74) is 0.626. The van der Waals surface area contributed by atoms with Crippen LogP contribution in [0.5, 0.6) is 0 Å². The van der Waals surface area contributed by atoms with E-state index in [1.807, 2.05) is 38.2 Å². The highest BCUT2D eigenvalue weighted by atomic mass is 16.7. The van der Waals surface area contributed by atoms with E-state index >= 15 is 0 Å². The van der Waals surface area contributed by atoms with Crippen LogP contribution in [0.15, 0.2) is 59.3 Å². The van der Waals surface area contributed by atoms with Crippen molar-refractivity contribution in [1.29, 1.82) is 0 Å². The van der Waals surface area contributed by atoms with Crippen LogP contribution in [-0.4, -0.2) is 141 Å². The zero-order valence-electron chi connectivity index (χ0n) is 39.2. The summed E-state index contributed by atoms with van der Waals surface area (Å²) in [4.78, 5) is 14.5. The van der Waals surface area contributed by atoms with Crippen molar-refractivity contribution in [2.24, 2.45) is 23.7 Å². The second-order valence-electron chi connectivity index (χ2n) is 19.2. The lowest BCUT2D eigenvalue weighted by Gasteiger charge is -2.48. The van der Waals surface area contributed by atoms with Crippen LogP contribution in [0.3, 0.4) is 0 Å². The summed E-state index contributed by atoms with van der Waals surface area (Å²) in [5, 5.41) is 23.2. The van der Waals surface area contributed by atoms with E-state index < -0.39 is 90.8 Å². The second-order valence-corrected chi connectivity index (χ2v) is 19.2. The van der Waals surface area contributed by atoms with Crippen LogP contribution in [0.4, 0.5) is 0 Å². The van der Waals surface area contributed by atoms with E-state index in [1.165, 1.54) is 0 Å². The molecule has 0 aromatic rings. The first kappa shape index (κ1) is 48.6. The number of hydrogen-bond donors (Lipinski definition) is 2. The predicted octanol–water partition coefficient (Wildman–Crippen LogP) is 6.03. The Hall–Kier alpha value is -2.31. The van der Waals surface area contributed by atoms with Crippen molar-refractivity contribution in [1.82, 2.24) is 0 Å². The first-order valence-corrected chi connectivity index (χ1v) is 23.2. The highest BCUT2D eigenvalue weighted by Gasteiger charge is 2.60. The number of carbonyl (C=O) groups is 1. The van der Waals surface area contributed by atoms with Crippen LogP contribution in [0.25, 0.3) is 0 Å². The van der Waals surface area contributed by atoms with Gasteiger partial charge in [0.25, 0.3) is 0 Å². The molecule has 0 saturated carbocycles. The Balaban J connectivity index is 1.19. The molecule has 2 bridgehead atoms. The lowest BCUT2D eigenvalue weighted by atomic mass is 9.70. The van der Waals surface area contributed by atoms with Crippen molar-refractivity contribution in [3.63, 3.8) is 0 Å². The molecule has 14 nitrogen and oxygen atoms in total. The van der Waals surface area contributed by atoms with Crippen LogP contribution in [0, 0.1) is 23.7 Å². The number of fused-ring (bicyclic) bond motifs is 2. The highest BCUT2D eigenvalue weighted by molar-refractivity contribution is 5.78. The molecule has 2 N–H and O–H groups in total. The number of esters is 1. The van der Waals surface area contributed by atoms with E-state index in [-0.39, 0.29) is 42.7 Å². The smallest absolute Gasteiger partial charge is 0.316 e. The van der Waals surface area contributed by atoms with E-state index in [9.17, 15) is 15.0 Å². The molecule has 6 aliphatic heterocycles. The fourth-order valence-corrected chi connectivity index (χ4v) is 10.9. The van der Waals surface area contributed by atoms with Crippen LogP contribution >= 0.6 is 0 Å². The Labute approximate surface area is 374 Å². The summed E-state index contributed by atoms with van der Waals surface area (Å²) < 4.78 is 70.0. The molecule has 6 heterocycles. The third-order valence-corrected chi connectivity index (χ3v) is 14.7. The maximum absolute atomic E-state index is 14.5. The van der Waals surface area contributed by atoms with E-state index in [0.717, 1.165) is 17.6 Å². The average molecular weight is 887 g/mol. The van der Waals surface area contributed by atoms with E-state index in [2.05, 4.69) is 46.8 Å². The van der Waals surface area contributed by atoms with E-state index in [0.29, 0.717) is 37.7 Å². The van der Waals surface area contributed by atoms with Gasteiger partial charge in [-0.1, -0.05) is 70.6 Å². The largest absolute Gasteiger partial charge is 0.462 e. The fraction of sp³-hybridized carbons (Fsp3) is 0.776. The maximum Gasteiger partial charge on any atom is 0.316 e. The quantitative estimate of drug-likeness (QED) is 0.204. The maximum atomic E-state index is 14.5. The normalized spacial score (nSPS) is 48.6. The fourth-order valence-electron chi connectivity index (χ4n) is 10.9. The van der Waals surface area contributed by atoms with Crippen LogP contribution < -0.4 is 0 Å². The van der Waals surface area contributed by atoms with Gasteiger partial charge in [-0.2, -0.15) is 0 Å². The second kappa shape index (κ2) is 20.3. The van der Waals surface area contributed by atoms with Gasteiger partial charge in [0.15, 0.2) is 18.4 Å². The number of aliphatic hydroxyl groups excluding tert-OH is 1. The number of carbonyl (C=O) groups excluding carboxylic acids is 1. The number of aliphatic hydroxyl groups is 2. The number of allylic oxidation sites excluding steroid dienone is 2. The highest BCUT2D eigenvalue weighted by Crippen LogP contribution is 2.48. The molecule has 354 valence electrons. The van der Waals surface area contributed by atoms with Crippen molar-refractivity contribution >= 4 is 5.97 Å². The molecule has 63 heavy (non-hydrogen) atoms. The summed E-state index contributed by atoms with van der Waals surface area (Å²) in [6.45, 7) is 16.4. The van der Waals surface area contributed by atoms with Gasteiger partial charge in [0.05, 0.1) is 49.3 Å². The van der Waals surface area contributed by atoms with Gasteiger partial charge in [0.1, 0.15) is 42.0 Å². The van der Waals surface area contributed by atoms with Crippen molar-refractivity contribution in [3.05, 3.63) is 59.3 Å². The molecule has 1 spiro atoms. The molecule has 20 atom stereocenters. The summed E-state index contributed by atoms with van der Waals surface area (Å²) >= 11 is 0. The minimum Gasteiger partial charge on any atom is -0.462 e. The summed E-state index contributed by atoms with van der Waals surface area (Å²) in [7, 11) is 4.82. The van der Waals surface area contributed by atoms with Crippen LogP contribution in [0.1, 0.15) is 93.9 Å². The molecule has 0 radical (unpaired) electrons. The Morgan fingerprint density at radius 1 is 0.857 bits per heavy atom. The molecule has 0 aromatic carbocycles. The van der Waals surface area contributed by atoms with Gasteiger partial charge in [-0.3, -0.25) is 4.79 Å². The molecular weight excluding hydrogens is 813 g/mol. The van der Waals surface area contributed by atoms with Gasteiger partial charge < -0.3 is 62.3 Å². The summed E-state index contributed by atoms with van der Waals surface area (Å²) in [6.07, 6.45) is 9.95. The minimum absolute atomic E-state index is 0.0805. The topological polar surface area (TPSA) is 159 Å². The Morgan fingerprint density at radius 2 is 1.57 bits per heavy atom. The molecule has 7 rings (SSSR count). The summed E-state index contributed by atoms with van der Waals surface area (Å²) in [6, 6.07) is 0. The monoisotopic (exact) mass is 887 g/mol. The van der Waals surface area contributed by atoms with Gasteiger partial charge in [-0.15, -0.1) is 0 Å². The molecule has 4 unspecified atom stereocenters. The lowest BCUT2D eigenvalue weighted by molar-refractivity contribution is -0.318. The van der Waals surface area contributed by atoms with Crippen molar-refractivity contribution in [3.8, 4) is 0 Å². The third-order valence-electron chi connectivity index (χ3n) is 14.7. The third kappa shape index (κ3) is 10.0. The zero-order chi connectivity index (χ0) is 45.4. The Kier molecular flexibility index (Phi) is 15.7. The van der Waals surface area contributed by atoms with Crippen molar-refractivity contribution in [2.45, 2.75) is 191 Å². The van der Waals surface area contributed by atoms with E-state index in [1.54, 1.807) is 34.3 Å². The molecule has 0 amide bonds. The molecule has 0 aromatic heterocycles.